The summed E-state index contributed by atoms with van der Waals surface area (Å²) in [6.07, 6.45) is 0. The van der Waals surface area contributed by atoms with Crippen molar-refractivity contribution in [3.05, 3.63) is 65.7 Å². The highest BCUT2D eigenvalue weighted by molar-refractivity contribution is 7.94. The quantitative estimate of drug-likeness (QED) is 0.116. The number of nitrogens with one attached hydrogen (secondary N) is 3. The van der Waals surface area contributed by atoms with Crippen LogP contribution in [0.2, 0.25) is 0 Å². The Balaban J connectivity index is 1.68. The molecule has 3 aromatic carbocycles. The van der Waals surface area contributed by atoms with Crippen LogP contribution in [0.15, 0.2) is 64.4 Å². The molecule has 1 heterocycles. The van der Waals surface area contributed by atoms with Gasteiger partial charge in [-0.25, -0.2) is 10.1 Å². The number of hydrogen-bond acceptors (Lipinski definition) is 9. The van der Waals surface area contributed by atoms with Gasteiger partial charge < -0.3 is 10.6 Å². The third kappa shape index (κ3) is 5.77. The number of benzene rings is 3. The second kappa shape index (κ2) is 10.6. The molecule has 0 radical (unpaired) electrons. The first-order valence-corrected chi connectivity index (χ1v) is 12.6. The number of rotatable bonds is 7. The van der Waals surface area contributed by atoms with Gasteiger partial charge in [0.15, 0.2) is 5.52 Å². The molecule has 0 aliphatic heterocycles. The van der Waals surface area contributed by atoms with Crippen LogP contribution in [0.3, 0.4) is 0 Å². The molecule has 4 aromatic rings. The molecule has 13 nitrogen and oxygen atoms in total. The number of carbonyl (C=O) groups excluding carboxylic acids is 2. The lowest BCUT2D eigenvalue weighted by Gasteiger charge is -2.13. The van der Waals surface area contributed by atoms with Gasteiger partial charge in [-0.05, 0) is 48.4 Å². The van der Waals surface area contributed by atoms with Crippen LogP contribution in [-0.4, -0.2) is 47.1 Å². The Morgan fingerprint density at radius 2 is 1.84 bits per heavy atom. The van der Waals surface area contributed by atoms with Crippen molar-refractivity contribution in [3.8, 4) is 11.1 Å². The number of anilines is 1. The lowest BCUT2D eigenvalue weighted by atomic mass is 10.0. The number of hydrogen-bond donors (Lipinski definition) is 4. The predicted molar refractivity (Wildman–Crippen MR) is 131 cm³/mol. The minimum atomic E-state index is -4.74. The molecule has 0 aliphatic carbocycles. The normalized spacial score (nSPS) is 11.5. The topological polar surface area (TPSA) is 183 Å². The second-order valence-electron chi connectivity index (χ2n) is 7.68. The summed E-state index contributed by atoms with van der Waals surface area (Å²) in [5.41, 5.74) is 2.53. The van der Waals surface area contributed by atoms with E-state index in [0.717, 1.165) is 16.4 Å². The smallest absolute Gasteiger partial charge is 0.355 e. The maximum absolute atomic E-state index is 12.8. The zero-order valence-electron chi connectivity index (χ0n) is 19.3. The van der Waals surface area contributed by atoms with Gasteiger partial charge in [0.25, 0.3) is 16.0 Å². The van der Waals surface area contributed by atoms with Crippen LogP contribution < -0.4 is 15.7 Å². The first kappa shape index (κ1) is 26.2. The van der Waals surface area contributed by atoms with E-state index in [9.17, 15) is 22.6 Å². The molecule has 0 saturated heterocycles. The fourth-order valence-electron chi connectivity index (χ4n) is 3.52. The number of nitrogens with zero attached hydrogens (tertiary/aromatic N) is 2. The molecule has 2 amide bonds. The van der Waals surface area contributed by atoms with Crippen molar-refractivity contribution in [2.24, 2.45) is 0 Å². The monoisotopic (exact) mass is 546 g/mol. The Bertz CT molecular complexity index is 1620. The summed E-state index contributed by atoms with van der Waals surface area (Å²) < 4.78 is 38.9. The molecule has 0 spiro atoms. The van der Waals surface area contributed by atoms with Crippen LogP contribution in [0.4, 0.5) is 10.5 Å². The van der Waals surface area contributed by atoms with Crippen LogP contribution in [0.1, 0.15) is 15.9 Å². The van der Waals surface area contributed by atoms with Gasteiger partial charge in [0.05, 0.1) is 17.1 Å². The zero-order chi connectivity index (χ0) is 26.7. The molecule has 4 rings (SSSR count). The summed E-state index contributed by atoms with van der Waals surface area (Å²) >= 11 is 0.634. The van der Waals surface area contributed by atoms with E-state index in [1.165, 1.54) is 25.2 Å². The Hall–Kier alpha value is -3.86. The third-order valence-corrected chi connectivity index (χ3v) is 6.75. The van der Waals surface area contributed by atoms with Gasteiger partial charge in [-0.3, -0.25) is 9.35 Å². The van der Waals surface area contributed by atoms with E-state index in [2.05, 4.69) is 30.2 Å². The molecule has 0 saturated carbocycles. The van der Waals surface area contributed by atoms with Crippen molar-refractivity contribution in [2.45, 2.75) is 16.7 Å². The van der Waals surface area contributed by atoms with Gasteiger partial charge in [0.2, 0.25) is 5.52 Å². The molecule has 192 valence electrons. The van der Waals surface area contributed by atoms with Gasteiger partial charge in [0.1, 0.15) is 4.90 Å². The molecule has 0 atom stereocenters. The summed E-state index contributed by atoms with van der Waals surface area (Å²) in [5.74, 6) is -0.315. The lowest BCUT2D eigenvalue weighted by molar-refractivity contribution is -0.450. The molecule has 5 N–H and O–H groups in total. The fraction of sp³-hybridized carbons (Fsp3) is 0.0909. The Kier molecular flexibility index (Phi) is 7.53. The van der Waals surface area contributed by atoms with Crippen LogP contribution >= 0.6 is 12.0 Å². The van der Waals surface area contributed by atoms with Crippen LogP contribution in [-0.2, 0) is 19.5 Å². The van der Waals surface area contributed by atoms with Crippen LogP contribution in [0.25, 0.3) is 22.2 Å². The van der Waals surface area contributed by atoms with Crippen molar-refractivity contribution >= 4 is 50.8 Å². The maximum Gasteiger partial charge on any atom is 0.402 e. The van der Waals surface area contributed by atoms with Gasteiger partial charge in [0, 0.05) is 39.6 Å². The van der Waals surface area contributed by atoms with Crippen molar-refractivity contribution < 1.29 is 42.3 Å². The number of aryl methyl sites for hydroxylation is 1. The Morgan fingerprint density at radius 1 is 1.08 bits per heavy atom. The van der Waals surface area contributed by atoms with Gasteiger partial charge >= 0.3 is 6.03 Å². The number of H-pyrrole nitrogens is 1. The van der Waals surface area contributed by atoms with E-state index in [0.29, 0.717) is 39.1 Å². The number of amides is 2. The van der Waals surface area contributed by atoms with Crippen LogP contribution in [0.5, 0.6) is 0 Å². The first-order valence-electron chi connectivity index (χ1n) is 10.4. The average molecular weight is 547 g/mol. The molecule has 37 heavy (non-hydrogen) atoms. The standard InChI is InChI=1S/C22H19N5O8S2/c1-12-3-6-15(19(9-12)36-35-34-30)16-7-5-14(11-20(16)37(31,32)33)24-22(29)27-25-17-8-4-13(21(28)23-2)10-18(17)26-27/h3-11,30H,1-2H3,(H,23,28)(H,24,29)(H,31,32,33)/p+1. The number of fused-ring (bicyclic) bond motifs is 1. The summed E-state index contributed by atoms with van der Waals surface area (Å²) in [6.45, 7) is 1.80. The van der Waals surface area contributed by atoms with Crippen LogP contribution in [0, 0.1) is 6.92 Å². The Morgan fingerprint density at radius 3 is 2.54 bits per heavy atom. The predicted octanol–water partition coefficient (Wildman–Crippen LogP) is 2.94. The summed E-state index contributed by atoms with van der Waals surface area (Å²) in [5, 5.41) is 24.0. The number of carbonyl (C=O) groups is 2. The molecule has 0 aliphatic rings. The molecule has 15 heteroatoms. The van der Waals surface area contributed by atoms with Gasteiger partial charge in [-0.2, -0.15) is 13.5 Å². The Labute approximate surface area is 214 Å². The third-order valence-electron chi connectivity index (χ3n) is 5.21. The zero-order valence-corrected chi connectivity index (χ0v) is 20.9. The highest BCUT2D eigenvalue weighted by Crippen LogP contribution is 2.37. The van der Waals surface area contributed by atoms with Gasteiger partial charge in [-0.1, -0.05) is 23.2 Å². The number of aromatic amines is 1. The van der Waals surface area contributed by atoms with Crippen molar-refractivity contribution in [1.29, 1.82) is 0 Å². The van der Waals surface area contributed by atoms with E-state index < -0.39 is 21.0 Å². The fourth-order valence-corrected chi connectivity index (χ4v) is 4.86. The lowest BCUT2D eigenvalue weighted by Crippen LogP contribution is -2.31. The summed E-state index contributed by atoms with van der Waals surface area (Å²) in [7, 11) is -3.25. The minimum Gasteiger partial charge on any atom is -0.355 e. The molecule has 1 aromatic heterocycles. The molecular weight excluding hydrogens is 526 g/mol. The highest BCUT2D eigenvalue weighted by atomic mass is 32.2. The summed E-state index contributed by atoms with van der Waals surface area (Å²) in [6, 6.07) is 12.8. The molecule has 0 unspecified atom stereocenters. The SMILES string of the molecule is CNC(=O)c1ccc2[nH+]n(C(=O)Nc3ccc(-c4ccc(C)cc4SOOO)c(S(=O)(=O)O)c3)nc2c1. The second-order valence-corrected chi connectivity index (χ2v) is 9.81. The molecular formula is C22H20N5O8S2+. The summed E-state index contributed by atoms with van der Waals surface area (Å²) in [4.78, 5) is 25.4. The largest absolute Gasteiger partial charge is 0.402 e. The van der Waals surface area contributed by atoms with Crippen molar-refractivity contribution in [2.75, 3.05) is 12.4 Å². The van der Waals surface area contributed by atoms with E-state index >= 15 is 0 Å². The van der Waals surface area contributed by atoms with E-state index in [4.69, 9.17) is 5.26 Å². The number of aromatic nitrogens is 3. The first-order chi connectivity index (χ1) is 17.6. The highest BCUT2D eigenvalue weighted by Gasteiger charge is 2.23. The van der Waals surface area contributed by atoms with E-state index in [-0.39, 0.29) is 17.2 Å². The van der Waals surface area contributed by atoms with Crippen molar-refractivity contribution in [3.63, 3.8) is 0 Å². The van der Waals surface area contributed by atoms with Crippen molar-refractivity contribution in [1.82, 2.24) is 15.2 Å². The molecule has 0 fully saturated rings. The molecule has 0 bridgehead atoms. The van der Waals surface area contributed by atoms with E-state index in [1.807, 2.05) is 0 Å². The average Bonchev–Trinajstić information content (AvgIpc) is 3.30. The maximum atomic E-state index is 12.8. The minimum absolute atomic E-state index is 0.0524. The van der Waals surface area contributed by atoms with E-state index in [1.54, 1.807) is 37.3 Å². The van der Waals surface area contributed by atoms with Gasteiger partial charge in [-0.15, -0.1) is 4.33 Å².